The van der Waals surface area contributed by atoms with Gasteiger partial charge in [-0.2, -0.15) is 0 Å². The number of hydrogen-bond acceptors (Lipinski definition) is 4. The third kappa shape index (κ3) is 3.10. The molecule has 1 amide bonds. The second kappa shape index (κ2) is 7.18. The van der Waals surface area contributed by atoms with Gasteiger partial charge in [-0.05, 0) is 60.5 Å². The summed E-state index contributed by atoms with van der Waals surface area (Å²) in [6.07, 6.45) is 1.58. The van der Waals surface area contributed by atoms with Crippen LogP contribution in [0.25, 0.3) is 11.0 Å². The maximum atomic E-state index is 13.8. The van der Waals surface area contributed by atoms with Gasteiger partial charge in [0.25, 0.3) is 5.91 Å². The van der Waals surface area contributed by atoms with E-state index in [-0.39, 0.29) is 27.3 Å². The molecule has 0 N–H and O–H groups in total. The zero-order valence-corrected chi connectivity index (χ0v) is 17.5. The summed E-state index contributed by atoms with van der Waals surface area (Å²) >= 11 is 12.3. The number of fused-ring (bicyclic) bond motifs is 2. The van der Waals surface area contributed by atoms with Crippen molar-refractivity contribution in [1.82, 2.24) is 4.98 Å². The van der Waals surface area contributed by atoms with Gasteiger partial charge < -0.3 is 4.42 Å². The molecule has 1 aliphatic heterocycles. The van der Waals surface area contributed by atoms with Crippen LogP contribution in [-0.4, -0.2) is 10.9 Å². The van der Waals surface area contributed by atoms with E-state index in [1.165, 1.54) is 17.0 Å². The summed E-state index contributed by atoms with van der Waals surface area (Å²) < 4.78 is 19.6. The summed E-state index contributed by atoms with van der Waals surface area (Å²) in [5.41, 5.74) is 1.17. The Morgan fingerprint density at radius 2 is 1.84 bits per heavy atom. The molecular formula is C23H13Cl2FN2O3. The van der Waals surface area contributed by atoms with Gasteiger partial charge in [-0.15, -0.1) is 0 Å². The number of benzene rings is 2. The van der Waals surface area contributed by atoms with Gasteiger partial charge in [-0.1, -0.05) is 29.3 Å². The molecule has 0 spiro atoms. The summed E-state index contributed by atoms with van der Waals surface area (Å²) in [6.45, 7) is 1.87. The molecule has 0 aliphatic carbocycles. The van der Waals surface area contributed by atoms with E-state index in [2.05, 4.69) is 4.98 Å². The number of aryl methyl sites for hydroxylation is 1. The van der Waals surface area contributed by atoms with Gasteiger partial charge >= 0.3 is 0 Å². The number of aromatic nitrogens is 1. The Bertz CT molecular complexity index is 1450. The van der Waals surface area contributed by atoms with Crippen molar-refractivity contribution < 1.29 is 13.6 Å². The van der Waals surface area contributed by atoms with Crippen LogP contribution in [0.3, 0.4) is 0 Å². The fourth-order valence-electron chi connectivity index (χ4n) is 3.83. The number of rotatable bonds is 2. The van der Waals surface area contributed by atoms with Gasteiger partial charge in [0.15, 0.2) is 5.43 Å². The highest BCUT2D eigenvalue weighted by atomic mass is 35.5. The molecule has 0 bridgehead atoms. The second-order valence-corrected chi connectivity index (χ2v) is 8.07. The van der Waals surface area contributed by atoms with Crippen LogP contribution in [0.5, 0.6) is 0 Å². The van der Waals surface area contributed by atoms with Gasteiger partial charge in [0, 0.05) is 6.20 Å². The number of amides is 1. The van der Waals surface area contributed by atoms with Crippen LogP contribution in [0.2, 0.25) is 10.0 Å². The first-order valence-electron chi connectivity index (χ1n) is 9.32. The molecule has 1 atom stereocenters. The topological polar surface area (TPSA) is 63.4 Å². The summed E-state index contributed by atoms with van der Waals surface area (Å²) in [7, 11) is 0. The van der Waals surface area contributed by atoms with Crippen molar-refractivity contribution in [3.8, 4) is 0 Å². The Morgan fingerprint density at radius 3 is 2.58 bits per heavy atom. The van der Waals surface area contributed by atoms with E-state index in [0.717, 1.165) is 11.6 Å². The van der Waals surface area contributed by atoms with Crippen LogP contribution in [-0.2, 0) is 0 Å². The molecule has 0 unspecified atom stereocenters. The average Bonchev–Trinajstić information content (AvgIpc) is 3.03. The molecule has 1 aliphatic rings. The van der Waals surface area contributed by atoms with Gasteiger partial charge in [-0.25, -0.2) is 9.37 Å². The van der Waals surface area contributed by atoms with Crippen LogP contribution < -0.4 is 10.3 Å². The zero-order valence-electron chi connectivity index (χ0n) is 16.0. The normalized spacial score (nSPS) is 15.5. The number of carbonyl (C=O) groups excluding carboxylic acids is 1. The third-order valence-electron chi connectivity index (χ3n) is 5.24. The fraction of sp³-hybridized carbons (Fsp3) is 0.0870. The Kier molecular flexibility index (Phi) is 4.57. The molecule has 0 saturated carbocycles. The molecule has 0 saturated heterocycles. The molecule has 5 nitrogen and oxygen atoms in total. The second-order valence-electron chi connectivity index (χ2n) is 7.26. The predicted molar refractivity (Wildman–Crippen MR) is 117 cm³/mol. The molecule has 0 radical (unpaired) electrons. The first kappa shape index (κ1) is 19.7. The lowest BCUT2D eigenvalue weighted by Gasteiger charge is -2.24. The summed E-state index contributed by atoms with van der Waals surface area (Å²) in [6, 6.07) is 11.1. The number of anilines is 1. The predicted octanol–water partition coefficient (Wildman–Crippen LogP) is 5.69. The smallest absolute Gasteiger partial charge is 0.296 e. The van der Waals surface area contributed by atoms with Crippen LogP contribution in [0.4, 0.5) is 10.2 Å². The van der Waals surface area contributed by atoms with Crippen molar-refractivity contribution in [2.24, 2.45) is 0 Å². The van der Waals surface area contributed by atoms with E-state index < -0.39 is 23.2 Å². The van der Waals surface area contributed by atoms with Crippen LogP contribution in [0, 0.1) is 12.7 Å². The molecule has 4 aromatic rings. The van der Waals surface area contributed by atoms with E-state index in [0.29, 0.717) is 16.4 Å². The van der Waals surface area contributed by atoms with E-state index >= 15 is 0 Å². The molecule has 8 heteroatoms. The highest BCUT2D eigenvalue weighted by Crippen LogP contribution is 2.42. The van der Waals surface area contributed by atoms with E-state index in [1.807, 2.05) is 6.92 Å². The van der Waals surface area contributed by atoms with Crippen molar-refractivity contribution in [1.29, 1.82) is 0 Å². The SMILES string of the molecule is Cc1ccnc(N2C(=O)c3oc4ccc(F)cc4c(=O)c3[C@H]2c2ccc(Cl)c(Cl)c2)c1. The molecule has 154 valence electrons. The van der Waals surface area contributed by atoms with Crippen LogP contribution in [0.1, 0.15) is 33.3 Å². The third-order valence-corrected chi connectivity index (χ3v) is 5.98. The molecule has 3 heterocycles. The molecular weight excluding hydrogens is 442 g/mol. The van der Waals surface area contributed by atoms with Crippen LogP contribution >= 0.6 is 23.2 Å². The highest BCUT2D eigenvalue weighted by molar-refractivity contribution is 6.42. The van der Waals surface area contributed by atoms with Gasteiger partial charge in [0.1, 0.15) is 17.2 Å². The maximum Gasteiger partial charge on any atom is 0.296 e. The molecule has 2 aromatic heterocycles. The first-order chi connectivity index (χ1) is 14.8. The number of carbonyl (C=O) groups is 1. The van der Waals surface area contributed by atoms with Crippen molar-refractivity contribution >= 4 is 45.9 Å². The molecule has 2 aromatic carbocycles. The Balaban J connectivity index is 1.84. The quantitative estimate of drug-likeness (QED) is 0.390. The fourth-order valence-corrected chi connectivity index (χ4v) is 4.14. The van der Waals surface area contributed by atoms with Crippen molar-refractivity contribution in [3.63, 3.8) is 0 Å². The lowest BCUT2D eigenvalue weighted by molar-refractivity contribution is 0.0970. The van der Waals surface area contributed by atoms with Crippen molar-refractivity contribution in [2.75, 3.05) is 4.90 Å². The molecule has 31 heavy (non-hydrogen) atoms. The van der Waals surface area contributed by atoms with E-state index in [1.54, 1.807) is 36.5 Å². The summed E-state index contributed by atoms with van der Waals surface area (Å²) in [5, 5.41) is 0.659. The lowest BCUT2D eigenvalue weighted by atomic mass is 9.98. The largest absolute Gasteiger partial charge is 0.450 e. The van der Waals surface area contributed by atoms with Crippen molar-refractivity contribution in [2.45, 2.75) is 13.0 Å². The number of nitrogens with zero attached hydrogens (tertiary/aromatic N) is 2. The average molecular weight is 455 g/mol. The first-order valence-corrected chi connectivity index (χ1v) is 10.1. The monoisotopic (exact) mass is 454 g/mol. The minimum absolute atomic E-state index is 0.0515. The standard InChI is InChI=1S/C23H13Cl2FN2O3/c1-11-6-7-27-18(8-11)28-20(12-2-4-15(24)16(25)9-12)19-21(29)14-10-13(26)3-5-17(14)31-22(19)23(28)30/h2-10,20H,1H3/t20-/m1/s1. The lowest BCUT2D eigenvalue weighted by Crippen LogP contribution is -2.30. The Morgan fingerprint density at radius 1 is 1.03 bits per heavy atom. The molecule has 0 fully saturated rings. The Labute approximate surface area is 185 Å². The zero-order chi connectivity index (χ0) is 21.9. The summed E-state index contributed by atoms with van der Waals surface area (Å²) in [4.78, 5) is 32.6. The number of pyridine rings is 1. The van der Waals surface area contributed by atoms with E-state index in [4.69, 9.17) is 27.6 Å². The molecule has 5 rings (SSSR count). The van der Waals surface area contributed by atoms with E-state index in [9.17, 15) is 14.0 Å². The maximum absolute atomic E-state index is 13.8. The summed E-state index contributed by atoms with van der Waals surface area (Å²) in [5.74, 6) is -0.856. The van der Waals surface area contributed by atoms with Gasteiger partial charge in [0.2, 0.25) is 5.76 Å². The van der Waals surface area contributed by atoms with Crippen molar-refractivity contribution in [3.05, 3.63) is 103 Å². The minimum atomic E-state index is -0.865. The van der Waals surface area contributed by atoms with Gasteiger partial charge in [-0.3, -0.25) is 14.5 Å². The Hall–Kier alpha value is -3.22. The minimum Gasteiger partial charge on any atom is -0.450 e. The van der Waals surface area contributed by atoms with Gasteiger partial charge in [0.05, 0.1) is 27.0 Å². The highest BCUT2D eigenvalue weighted by Gasteiger charge is 2.44. The number of halogens is 3. The van der Waals surface area contributed by atoms with Crippen LogP contribution in [0.15, 0.2) is 63.9 Å². The number of hydrogen-bond donors (Lipinski definition) is 0.